The van der Waals surface area contributed by atoms with Crippen LogP contribution in [0.2, 0.25) is 0 Å². The number of benzene rings is 1. The molecule has 0 heterocycles. The van der Waals surface area contributed by atoms with Crippen molar-refractivity contribution >= 4 is 21.6 Å². The minimum Gasteiger partial charge on any atom is -0.494 e. The van der Waals surface area contributed by atoms with Crippen LogP contribution >= 0.6 is 11.6 Å². The molecule has 4 nitrogen and oxygen atoms in total. The second-order valence-electron chi connectivity index (χ2n) is 4.54. The van der Waals surface area contributed by atoms with Crippen LogP contribution in [0.4, 0.5) is 0 Å². The van der Waals surface area contributed by atoms with E-state index in [4.69, 9.17) is 16.3 Å². The quantitative estimate of drug-likeness (QED) is 0.519. The predicted octanol–water partition coefficient (Wildman–Crippen LogP) is 3.11. The first-order valence-corrected chi connectivity index (χ1v) is 8.75. The van der Waals surface area contributed by atoms with Crippen LogP contribution in [0.25, 0.3) is 0 Å². The number of nitrogens with zero attached hydrogens (tertiary/aromatic N) is 1. The normalized spacial score (nSPS) is 11.8. The van der Waals surface area contributed by atoms with Gasteiger partial charge in [-0.1, -0.05) is 13.3 Å². The number of hydrogen-bond acceptors (Lipinski definition) is 3. The Morgan fingerprint density at radius 3 is 2.40 bits per heavy atom. The summed E-state index contributed by atoms with van der Waals surface area (Å²) in [6.07, 6.45) is 2.59. The molecule has 0 radical (unpaired) electrons. The lowest BCUT2D eigenvalue weighted by Gasteiger charge is -2.17. The molecule has 1 aromatic carbocycles. The van der Waals surface area contributed by atoms with Gasteiger partial charge >= 0.3 is 0 Å². The fraction of sp³-hybridized carbons (Fsp3) is 0.571. The summed E-state index contributed by atoms with van der Waals surface area (Å²) < 4.78 is 31.4. The molecular formula is C14H22ClNO3S. The molecule has 0 bridgehead atoms. The van der Waals surface area contributed by atoms with E-state index in [1.54, 1.807) is 31.3 Å². The molecule has 0 saturated heterocycles. The molecule has 114 valence electrons. The van der Waals surface area contributed by atoms with Crippen LogP contribution in [0, 0.1) is 0 Å². The van der Waals surface area contributed by atoms with E-state index in [-0.39, 0.29) is 0 Å². The van der Waals surface area contributed by atoms with Crippen molar-refractivity contribution in [1.82, 2.24) is 4.31 Å². The Labute approximate surface area is 126 Å². The number of rotatable bonds is 9. The van der Waals surface area contributed by atoms with Crippen molar-refractivity contribution in [1.29, 1.82) is 0 Å². The highest BCUT2D eigenvalue weighted by molar-refractivity contribution is 7.89. The Morgan fingerprint density at radius 1 is 1.20 bits per heavy atom. The van der Waals surface area contributed by atoms with Gasteiger partial charge in [-0.05, 0) is 37.1 Å². The average molecular weight is 320 g/mol. The molecule has 0 aliphatic rings. The smallest absolute Gasteiger partial charge is 0.242 e. The molecule has 0 aliphatic heterocycles. The minimum atomic E-state index is -3.40. The van der Waals surface area contributed by atoms with Gasteiger partial charge in [-0.15, -0.1) is 11.6 Å². The van der Waals surface area contributed by atoms with Crippen molar-refractivity contribution in [2.75, 3.05) is 26.1 Å². The molecule has 0 aliphatic carbocycles. The SMILES string of the molecule is CCCCN(C)S(=O)(=O)c1ccc(OCCCCl)cc1. The molecule has 0 saturated carbocycles. The lowest BCUT2D eigenvalue weighted by molar-refractivity contribution is 0.318. The summed E-state index contributed by atoms with van der Waals surface area (Å²) in [5, 5.41) is 0. The van der Waals surface area contributed by atoms with Crippen LogP contribution in [-0.2, 0) is 10.0 Å². The molecule has 20 heavy (non-hydrogen) atoms. The van der Waals surface area contributed by atoms with E-state index in [9.17, 15) is 8.42 Å². The summed E-state index contributed by atoms with van der Waals surface area (Å²) >= 11 is 5.56. The highest BCUT2D eigenvalue weighted by Gasteiger charge is 2.19. The van der Waals surface area contributed by atoms with Crippen LogP contribution < -0.4 is 4.74 Å². The van der Waals surface area contributed by atoms with E-state index in [1.165, 1.54) is 4.31 Å². The van der Waals surface area contributed by atoms with Gasteiger partial charge in [-0.25, -0.2) is 12.7 Å². The first-order valence-electron chi connectivity index (χ1n) is 6.77. The van der Waals surface area contributed by atoms with Gasteiger partial charge in [0.25, 0.3) is 0 Å². The first-order chi connectivity index (χ1) is 9.52. The zero-order valence-corrected chi connectivity index (χ0v) is 13.6. The van der Waals surface area contributed by atoms with Gasteiger partial charge in [0.05, 0.1) is 11.5 Å². The molecule has 0 amide bonds. The Bertz CT molecular complexity index is 488. The van der Waals surface area contributed by atoms with Gasteiger partial charge < -0.3 is 4.74 Å². The highest BCUT2D eigenvalue weighted by atomic mass is 35.5. The number of unbranched alkanes of at least 4 members (excludes halogenated alkanes) is 1. The van der Waals surface area contributed by atoms with Gasteiger partial charge in [-0.2, -0.15) is 0 Å². The largest absolute Gasteiger partial charge is 0.494 e. The van der Waals surface area contributed by atoms with Gasteiger partial charge in [0, 0.05) is 19.5 Å². The molecule has 6 heteroatoms. The van der Waals surface area contributed by atoms with E-state index in [0.29, 0.717) is 29.7 Å². The predicted molar refractivity (Wildman–Crippen MR) is 82.0 cm³/mol. The molecule has 0 aromatic heterocycles. The Balaban J connectivity index is 2.71. The Morgan fingerprint density at radius 2 is 1.85 bits per heavy atom. The van der Waals surface area contributed by atoms with E-state index in [1.807, 2.05) is 6.92 Å². The van der Waals surface area contributed by atoms with Gasteiger partial charge in [0.2, 0.25) is 10.0 Å². The summed E-state index contributed by atoms with van der Waals surface area (Å²) in [4.78, 5) is 0.292. The number of alkyl halides is 1. The zero-order chi connectivity index (χ0) is 15.0. The van der Waals surface area contributed by atoms with Crippen molar-refractivity contribution in [3.8, 4) is 5.75 Å². The maximum atomic E-state index is 12.3. The lowest BCUT2D eigenvalue weighted by Crippen LogP contribution is -2.27. The number of halogens is 1. The summed E-state index contributed by atoms with van der Waals surface area (Å²) in [5.74, 6) is 1.21. The van der Waals surface area contributed by atoms with Crippen molar-refractivity contribution in [3.05, 3.63) is 24.3 Å². The maximum Gasteiger partial charge on any atom is 0.242 e. The topological polar surface area (TPSA) is 46.6 Å². The van der Waals surface area contributed by atoms with Gasteiger partial charge in [0.15, 0.2) is 0 Å². The average Bonchev–Trinajstić information content (AvgIpc) is 2.45. The third kappa shape index (κ3) is 4.96. The van der Waals surface area contributed by atoms with Crippen molar-refractivity contribution in [2.24, 2.45) is 0 Å². The third-order valence-electron chi connectivity index (χ3n) is 2.91. The van der Waals surface area contributed by atoms with Gasteiger partial charge in [-0.3, -0.25) is 0 Å². The first kappa shape index (κ1) is 17.3. The summed E-state index contributed by atoms with van der Waals surface area (Å²) in [6.45, 7) is 3.10. The van der Waals surface area contributed by atoms with Crippen LogP contribution in [0.15, 0.2) is 29.2 Å². The molecule has 0 fully saturated rings. The van der Waals surface area contributed by atoms with E-state index >= 15 is 0 Å². The summed E-state index contributed by atoms with van der Waals surface area (Å²) in [6, 6.07) is 6.51. The third-order valence-corrected chi connectivity index (χ3v) is 5.04. The number of sulfonamides is 1. The molecule has 0 atom stereocenters. The number of hydrogen-bond donors (Lipinski definition) is 0. The molecule has 1 rings (SSSR count). The van der Waals surface area contributed by atoms with Crippen LogP contribution in [0.1, 0.15) is 26.2 Å². The molecular weight excluding hydrogens is 298 g/mol. The fourth-order valence-corrected chi connectivity index (χ4v) is 2.95. The van der Waals surface area contributed by atoms with Gasteiger partial charge in [0.1, 0.15) is 5.75 Å². The van der Waals surface area contributed by atoms with Crippen molar-refractivity contribution < 1.29 is 13.2 Å². The standard InChI is InChI=1S/C14H22ClNO3S/c1-3-4-11-16(2)20(17,18)14-8-6-13(7-9-14)19-12-5-10-15/h6-9H,3-5,10-12H2,1-2H3. The molecule has 1 aromatic rings. The molecule has 0 spiro atoms. The zero-order valence-electron chi connectivity index (χ0n) is 12.0. The van der Waals surface area contributed by atoms with Crippen molar-refractivity contribution in [3.63, 3.8) is 0 Å². The Kier molecular flexibility index (Phi) is 7.34. The monoisotopic (exact) mass is 319 g/mol. The van der Waals surface area contributed by atoms with Crippen LogP contribution in [0.5, 0.6) is 5.75 Å². The Hall–Kier alpha value is -0.780. The summed E-state index contributed by atoms with van der Waals surface area (Å²) in [5.41, 5.74) is 0. The van der Waals surface area contributed by atoms with E-state index in [2.05, 4.69) is 0 Å². The minimum absolute atomic E-state index is 0.292. The second kappa shape index (κ2) is 8.49. The molecule has 0 unspecified atom stereocenters. The maximum absolute atomic E-state index is 12.3. The number of ether oxygens (including phenoxy) is 1. The highest BCUT2D eigenvalue weighted by Crippen LogP contribution is 2.19. The van der Waals surface area contributed by atoms with E-state index in [0.717, 1.165) is 19.3 Å². The van der Waals surface area contributed by atoms with E-state index < -0.39 is 10.0 Å². The summed E-state index contributed by atoms with van der Waals surface area (Å²) in [7, 11) is -1.79. The second-order valence-corrected chi connectivity index (χ2v) is 6.97. The lowest BCUT2D eigenvalue weighted by atomic mass is 10.3. The molecule has 0 N–H and O–H groups in total. The fourth-order valence-electron chi connectivity index (χ4n) is 1.63. The van der Waals surface area contributed by atoms with Crippen LogP contribution in [0.3, 0.4) is 0 Å². The van der Waals surface area contributed by atoms with Crippen molar-refractivity contribution in [2.45, 2.75) is 31.1 Å². The van der Waals surface area contributed by atoms with Crippen LogP contribution in [-0.4, -0.2) is 38.8 Å².